The van der Waals surface area contributed by atoms with E-state index in [1.54, 1.807) is 18.2 Å². The van der Waals surface area contributed by atoms with Crippen molar-refractivity contribution < 1.29 is 14.7 Å². The van der Waals surface area contributed by atoms with Crippen LogP contribution in [-0.4, -0.2) is 39.1 Å². The first kappa shape index (κ1) is 16.6. The summed E-state index contributed by atoms with van der Waals surface area (Å²) < 4.78 is 0.626. The molecule has 1 saturated heterocycles. The highest BCUT2D eigenvalue weighted by Crippen LogP contribution is 2.34. The highest BCUT2D eigenvalue weighted by atomic mass is 79.9. The van der Waals surface area contributed by atoms with E-state index in [0.29, 0.717) is 20.8 Å². The summed E-state index contributed by atoms with van der Waals surface area (Å²) in [7, 11) is 0. The van der Waals surface area contributed by atoms with Gasteiger partial charge in [0.05, 0.1) is 10.4 Å². The number of carbonyl (C=O) groups excluding carboxylic acids is 1. The molecule has 21 heavy (non-hydrogen) atoms. The number of halogens is 2. The SMILES string of the molecule is CCCC1SCC(C(=O)O)N1C(=O)c1ccc(Cl)c(Br)c1. The van der Waals surface area contributed by atoms with Gasteiger partial charge in [-0.15, -0.1) is 11.8 Å². The third-order valence-corrected chi connectivity index (χ3v) is 5.88. The molecule has 114 valence electrons. The van der Waals surface area contributed by atoms with Crippen LogP contribution < -0.4 is 0 Å². The van der Waals surface area contributed by atoms with E-state index in [9.17, 15) is 14.7 Å². The van der Waals surface area contributed by atoms with E-state index in [1.165, 1.54) is 16.7 Å². The van der Waals surface area contributed by atoms with Crippen LogP contribution in [-0.2, 0) is 4.79 Å². The Bertz CT molecular complexity index is 569. The van der Waals surface area contributed by atoms with E-state index in [-0.39, 0.29) is 11.3 Å². The third-order valence-electron chi connectivity index (χ3n) is 3.31. The quantitative estimate of drug-likeness (QED) is 0.845. The molecule has 1 heterocycles. The lowest BCUT2D eigenvalue weighted by molar-refractivity contribution is -0.141. The zero-order valence-corrected chi connectivity index (χ0v) is 14.5. The molecule has 7 heteroatoms. The predicted molar refractivity (Wildman–Crippen MR) is 87.9 cm³/mol. The second-order valence-electron chi connectivity index (χ2n) is 4.77. The smallest absolute Gasteiger partial charge is 0.327 e. The number of benzene rings is 1. The number of amides is 1. The number of rotatable bonds is 4. The van der Waals surface area contributed by atoms with Gasteiger partial charge in [-0.3, -0.25) is 4.79 Å². The lowest BCUT2D eigenvalue weighted by atomic mass is 10.1. The molecular formula is C14H15BrClNO3S. The van der Waals surface area contributed by atoms with Gasteiger partial charge in [-0.25, -0.2) is 4.79 Å². The van der Waals surface area contributed by atoms with Gasteiger partial charge in [0, 0.05) is 15.8 Å². The number of thioether (sulfide) groups is 1. The molecule has 2 atom stereocenters. The van der Waals surface area contributed by atoms with Crippen molar-refractivity contribution >= 4 is 51.2 Å². The lowest BCUT2D eigenvalue weighted by Gasteiger charge is -2.27. The van der Waals surface area contributed by atoms with Crippen LogP contribution in [0.15, 0.2) is 22.7 Å². The number of carboxylic acids is 1. The molecule has 1 amide bonds. The molecule has 0 aromatic heterocycles. The van der Waals surface area contributed by atoms with Gasteiger partial charge in [-0.1, -0.05) is 24.9 Å². The van der Waals surface area contributed by atoms with Gasteiger partial charge in [0.15, 0.2) is 0 Å². The molecule has 1 aromatic rings. The van der Waals surface area contributed by atoms with Crippen LogP contribution in [0, 0.1) is 0 Å². The van der Waals surface area contributed by atoms with Gasteiger partial charge in [-0.2, -0.15) is 0 Å². The summed E-state index contributed by atoms with van der Waals surface area (Å²) in [5.74, 6) is -0.786. The topological polar surface area (TPSA) is 57.6 Å². The highest BCUT2D eigenvalue weighted by molar-refractivity contribution is 9.10. The Labute approximate surface area is 141 Å². The van der Waals surface area contributed by atoms with Gasteiger partial charge in [0.25, 0.3) is 5.91 Å². The molecule has 1 fully saturated rings. The summed E-state index contributed by atoms with van der Waals surface area (Å²) >= 11 is 10.7. The molecule has 0 bridgehead atoms. The Hall–Kier alpha value is -0.720. The molecule has 2 rings (SSSR count). The number of carboxylic acid groups (broad SMARTS) is 1. The summed E-state index contributed by atoms with van der Waals surface area (Å²) in [6.45, 7) is 2.02. The van der Waals surface area contributed by atoms with Crippen molar-refractivity contribution in [2.75, 3.05) is 5.75 Å². The Balaban J connectivity index is 2.31. The van der Waals surface area contributed by atoms with Crippen molar-refractivity contribution in [3.8, 4) is 0 Å². The molecule has 0 radical (unpaired) electrons. The maximum Gasteiger partial charge on any atom is 0.327 e. The van der Waals surface area contributed by atoms with E-state index in [0.717, 1.165) is 12.8 Å². The van der Waals surface area contributed by atoms with Crippen LogP contribution in [0.3, 0.4) is 0 Å². The minimum atomic E-state index is -0.956. The zero-order chi connectivity index (χ0) is 15.6. The van der Waals surface area contributed by atoms with Crippen molar-refractivity contribution in [2.24, 2.45) is 0 Å². The van der Waals surface area contributed by atoms with Gasteiger partial charge in [-0.05, 0) is 40.5 Å². The van der Waals surface area contributed by atoms with Crippen LogP contribution in [0.25, 0.3) is 0 Å². The fourth-order valence-corrected chi connectivity index (χ4v) is 4.28. The number of aliphatic carboxylic acids is 1. The molecule has 1 aromatic carbocycles. The number of hydrogen-bond acceptors (Lipinski definition) is 3. The molecule has 0 aliphatic carbocycles. The number of hydrogen-bond donors (Lipinski definition) is 1. The van der Waals surface area contributed by atoms with Crippen LogP contribution >= 0.6 is 39.3 Å². The second kappa shape index (κ2) is 7.03. The van der Waals surface area contributed by atoms with Crippen LogP contribution in [0.5, 0.6) is 0 Å². The molecule has 4 nitrogen and oxygen atoms in total. The Morgan fingerprint density at radius 2 is 2.24 bits per heavy atom. The third kappa shape index (κ3) is 3.55. The van der Waals surface area contributed by atoms with Gasteiger partial charge < -0.3 is 10.0 Å². The fourth-order valence-electron chi connectivity index (χ4n) is 2.27. The lowest BCUT2D eigenvalue weighted by Crippen LogP contribution is -2.45. The van der Waals surface area contributed by atoms with Crippen molar-refractivity contribution in [3.63, 3.8) is 0 Å². The maximum absolute atomic E-state index is 12.7. The maximum atomic E-state index is 12.7. The van der Waals surface area contributed by atoms with Gasteiger partial charge in [0.1, 0.15) is 6.04 Å². The summed E-state index contributed by atoms with van der Waals surface area (Å²) in [6, 6.07) is 4.12. The number of carbonyl (C=O) groups is 2. The largest absolute Gasteiger partial charge is 0.480 e. The monoisotopic (exact) mass is 391 g/mol. The van der Waals surface area contributed by atoms with E-state index >= 15 is 0 Å². The van der Waals surface area contributed by atoms with Crippen LogP contribution in [0.4, 0.5) is 0 Å². The van der Waals surface area contributed by atoms with E-state index in [1.807, 2.05) is 6.92 Å². The normalized spacial score (nSPS) is 21.6. The molecule has 0 saturated carbocycles. The van der Waals surface area contributed by atoms with E-state index < -0.39 is 12.0 Å². The van der Waals surface area contributed by atoms with Gasteiger partial charge in [0.2, 0.25) is 0 Å². The zero-order valence-electron chi connectivity index (χ0n) is 11.4. The molecule has 1 aliphatic rings. The second-order valence-corrected chi connectivity index (χ2v) is 7.24. The number of nitrogens with zero attached hydrogens (tertiary/aromatic N) is 1. The van der Waals surface area contributed by atoms with Crippen LogP contribution in [0.2, 0.25) is 5.02 Å². The highest BCUT2D eigenvalue weighted by Gasteiger charge is 2.41. The first-order chi connectivity index (χ1) is 9.95. The summed E-state index contributed by atoms with van der Waals surface area (Å²) in [6.07, 6.45) is 1.69. The van der Waals surface area contributed by atoms with Crippen molar-refractivity contribution in [3.05, 3.63) is 33.3 Å². The minimum absolute atomic E-state index is 0.0851. The average molecular weight is 393 g/mol. The predicted octanol–water partition coefficient (Wildman–Crippen LogP) is 3.87. The molecule has 1 aliphatic heterocycles. The first-order valence-corrected chi connectivity index (χ1v) is 8.79. The Morgan fingerprint density at radius 3 is 2.81 bits per heavy atom. The Kier molecular flexibility index (Phi) is 5.57. The summed E-state index contributed by atoms with van der Waals surface area (Å²) in [4.78, 5) is 25.6. The summed E-state index contributed by atoms with van der Waals surface area (Å²) in [5.41, 5.74) is 0.445. The van der Waals surface area contributed by atoms with E-state index in [4.69, 9.17) is 11.6 Å². The van der Waals surface area contributed by atoms with Crippen LogP contribution in [0.1, 0.15) is 30.1 Å². The fraction of sp³-hybridized carbons (Fsp3) is 0.429. The van der Waals surface area contributed by atoms with Gasteiger partial charge >= 0.3 is 5.97 Å². The van der Waals surface area contributed by atoms with E-state index in [2.05, 4.69) is 15.9 Å². The van der Waals surface area contributed by atoms with Crippen molar-refractivity contribution in [1.82, 2.24) is 4.90 Å². The van der Waals surface area contributed by atoms with Crippen molar-refractivity contribution in [1.29, 1.82) is 0 Å². The molecular weight excluding hydrogens is 378 g/mol. The Morgan fingerprint density at radius 1 is 1.52 bits per heavy atom. The average Bonchev–Trinajstić information content (AvgIpc) is 2.85. The van der Waals surface area contributed by atoms with Crippen molar-refractivity contribution in [2.45, 2.75) is 31.2 Å². The standard InChI is InChI=1S/C14H15BrClNO3S/c1-2-3-12-17(11(7-21-12)14(19)20)13(18)8-4-5-10(16)9(15)6-8/h4-6,11-12H,2-3,7H2,1H3,(H,19,20). The summed E-state index contributed by atoms with van der Waals surface area (Å²) in [5, 5.41) is 9.76. The first-order valence-electron chi connectivity index (χ1n) is 6.57. The molecule has 1 N–H and O–H groups in total. The minimum Gasteiger partial charge on any atom is -0.480 e. The molecule has 2 unspecified atom stereocenters. The molecule has 0 spiro atoms.